The number of hydrogen-bond acceptors (Lipinski definition) is 4. The van der Waals surface area contributed by atoms with Crippen molar-refractivity contribution in [1.82, 2.24) is 4.90 Å². The van der Waals surface area contributed by atoms with Gasteiger partial charge in [0, 0.05) is 5.56 Å². The molecule has 0 aliphatic carbocycles. The van der Waals surface area contributed by atoms with E-state index >= 15 is 0 Å². The Balaban J connectivity index is 1.47. The normalized spacial score (nSPS) is 15.0. The predicted octanol–water partition coefficient (Wildman–Crippen LogP) is 6.95. The summed E-state index contributed by atoms with van der Waals surface area (Å²) in [4.78, 5) is 26.7. The summed E-state index contributed by atoms with van der Waals surface area (Å²) >= 11 is 12.8. The molecule has 0 atom stereocenters. The Hall–Kier alpha value is -2.80. The first-order valence-corrected chi connectivity index (χ1v) is 11.1. The number of thioether (sulfide) groups is 1. The lowest BCUT2D eigenvalue weighted by molar-refractivity contribution is -0.123. The van der Waals surface area contributed by atoms with Gasteiger partial charge < -0.3 is 4.74 Å². The van der Waals surface area contributed by atoms with E-state index in [1.807, 2.05) is 0 Å². The van der Waals surface area contributed by atoms with Crippen molar-refractivity contribution in [1.29, 1.82) is 0 Å². The van der Waals surface area contributed by atoms with Gasteiger partial charge in [0.15, 0.2) is 0 Å². The van der Waals surface area contributed by atoms with Crippen LogP contribution in [0.3, 0.4) is 0 Å². The van der Waals surface area contributed by atoms with E-state index in [0.717, 1.165) is 16.7 Å². The van der Waals surface area contributed by atoms with Crippen molar-refractivity contribution in [3.05, 3.63) is 104 Å². The van der Waals surface area contributed by atoms with Crippen molar-refractivity contribution in [2.45, 2.75) is 13.2 Å². The Kier molecular flexibility index (Phi) is 6.84. The van der Waals surface area contributed by atoms with Gasteiger partial charge >= 0.3 is 0 Å². The van der Waals surface area contributed by atoms with Crippen LogP contribution in [-0.2, 0) is 17.9 Å². The van der Waals surface area contributed by atoms with Gasteiger partial charge in [-0.1, -0.05) is 59.6 Å². The third-order valence-corrected chi connectivity index (χ3v) is 6.35. The fourth-order valence-electron chi connectivity index (χ4n) is 3.08. The molecule has 0 N–H and O–H groups in total. The molecule has 3 aromatic rings. The maximum absolute atomic E-state index is 13.8. The van der Waals surface area contributed by atoms with Crippen LogP contribution in [0.5, 0.6) is 5.75 Å². The Bertz CT molecular complexity index is 1230. The van der Waals surface area contributed by atoms with Crippen LogP contribution in [0, 0.1) is 5.82 Å². The molecule has 8 heteroatoms. The molecular weight excluding hydrogens is 472 g/mol. The van der Waals surface area contributed by atoms with Gasteiger partial charge in [0.2, 0.25) is 0 Å². The molecule has 1 aliphatic heterocycles. The molecule has 32 heavy (non-hydrogen) atoms. The molecule has 4 nitrogen and oxygen atoms in total. The van der Waals surface area contributed by atoms with Crippen molar-refractivity contribution in [2.24, 2.45) is 0 Å². The highest BCUT2D eigenvalue weighted by Crippen LogP contribution is 2.34. The summed E-state index contributed by atoms with van der Waals surface area (Å²) in [6.07, 6.45) is 1.63. The average molecular weight is 488 g/mol. The summed E-state index contributed by atoms with van der Waals surface area (Å²) in [6, 6.07) is 18.4. The minimum absolute atomic E-state index is 0.0797. The predicted molar refractivity (Wildman–Crippen MR) is 125 cm³/mol. The summed E-state index contributed by atoms with van der Waals surface area (Å²) in [5.41, 5.74) is 1.84. The molecule has 0 spiro atoms. The van der Waals surface area contributed by atoms with Gasteiger partial charge in [-0.15, -0.1) is 0 Å². The summed E-state index contributed by atoms with van der Waals surface area (Å²) in [5, 5.41) is 0.403. The fourth-order valence-corrected chi connectivity index (χ4v) is 4.24. The first-order valence-electron chi connectivity index (χ1n) is 9.56. The summed E-state index contributed by atoms with van der Waals surface area (Å²) in [5.74, 6) is -0.194. The van der Waals surface area contributed by atoms with Crippen molar-refractivity contribution in [3.8, 4) is 5.75 Å². The largest absolute Gasteiger partial charge is 0.489 e. The molecule has 1 heterocycles. The molecule has 0 saturated carbocycles. The fraction of sp³-hybridized carbons (Fsp3) is 0.0833. The number of nitrogens with zero attached hydrogens (tertiary/aromatic N) is 1. The molecule has 2 amide bonds. The van der Waals surface area contributed by atoms with E-state index in [2.05, 4.69) is 0 Å². The average Bonchev–Trinajstić information content (AvgIpc) is 3.03. The van der Waals surface area contributed by atoms with Gasteiger partial charge in [-0.2, -0.15) is 0 Å². The Morgan fingerprint density at radius 2 is 1.78 bits per heavy atom. The quantitative estimate of drug-likeness (QED) is 0.353. The summed E-state index contributed by atoms with van der Waals surface area (Å²) in [7, 11) is 0. The second-order valence-electron chi connectivity index (χ2n) is 6.97. The van der Waals surface area contributed by atoms with Crippen molar-refractivity contribution >= 4 is 52.2 Å². The van der Waals surface area contributed by atoms with E-state index in [0.29, 0.717) is 37.4 Å². The van der Waals surface area contributed by atoms with Gasteiger partial charge in [0.1, 0.15) is 18.2 Å². The van der Waals surface area contributed by atoms with Crippen LogP contribution < -0.4 is 4.74 Å². The standard InChI is InChI=1S/C24H16Cl2FNO3S/c25-19-9-8-16(11-20(19)26)13-28-23(29)22(32-24(28)30)12-15-4-3-6-18(10-15)31-14-17-5-1-2-7-21(17)27/h1-12H,13-14H2/b22-12+. The van der Waals surface area contributed by atoms with Crippen molar-refractivity contribution in [2.75, 3.05) is 0 Å². The molecule has 0 bridgehead atoms. The van der Waals surface area contributed by atoms with Crippen molar-refractivity contribution < 1.29 is 18.7 Å². The smallest absolute Gasteiger partial charge is 0.293 e. The molecule has 1 fully saturated rings. The number of imide groups is 1. The molecule has 0 radical (unpaired) electrons. The molecule has 3 aromatic carbocycles. The van der Waals surface area contributed by atoms with Crippen LogP contribution in [-0.4, -0.2) is 16.0 Å². The van der Waals surface area contributed by atoms with E-state index in [1.165, 1.54) is 6.07 Å². The van der Waals surface area contributed by atoms with Crippen LogP contribution in [0.4, 0.5) is 9.18 Å². The van der Waals surface area contributed by atoms with Crippen LogP contribution in [0.25, 0.3) is 6.08 Å². The maximum Gasteiger partial charge on any atom is 0.293 e. The number of hydrogen-bond donors (Lipinski definition) is 0. The Morgan fingerprint density at radius 1 is 0.969 bits per heavy atom. The third-order valence-electron chi connectivity index (χ3n) is 4.71. The maximum atomic E-state index is 13.8. The van der Waals surface area contributed by atoms with E-state index < -0.39 is 0 Å². The number of amides is 2. The van der Waals surface area contributed by atoms with Gasteiger partial charge in [-0.05, 0) is 59.3 Å². The second-order valence-corrected chi connectivity index (χ2v) is 8.78. The lowest BCUT2D eigenvalue weighted by Crippen LogP contribution is -2.27. The SMILES string of the molecule is O=C1S/C(=C/c2cccc(OCc3ccccc3F)c2)C(=O)N1Cc1ccc(Cl)c(Cl)c1. The van der Waals surface area contributed by atoms with E-state index in [4.69, 9.17) is 27.9 Å². The second kappa shape index (κ2) is 9.77. The first kappa shape index (κ1) is 22.4. The lowest BCUT2D eigenvalue weighted by Gasteiger charge is -2.13. The highest BCUT2D eigenvalue weighted by atomic mass is 35.5. The lowest BCUT2D eigenvalue weighted by atomic mass is 10.2. The van der Waals surface area contributed by atoms with Gasteiger partial charge in [-0.25, -0.2) is 4.39 Å². The third kappa shape index (κ3) is 5.15. The Labute approximate surface area is 198 Å². The minimum Gasteiger partial charge on any atom is -0.489 e. The van der Waals surface area contributed by atoms with E-state index in [9.17, 15) is 14.0 Å². The van der Waals surface area contributed by atoms with Gasteiger partial charge in [0.05, 0.1) is 21.5 Å². The molecule has 1 aliphatic rings. The molecular formula is C24H16Cl2FNO3S. The van der Waals surface area contributed by atoms with Gasteiger partial charge in [0.25, 0.3) is 11.1 Å². The number of rotatable bonds is 6. The topological polar surface area (TPSA) is 46.6 Å². The van der Waals surface area contributed by atoms with Crippen molar-refractivity contribution in [3.63, 3.8) is 0 Å². The van der Waals surface area contributed by atoms with Crippen LogP contribution >= 0.6 is 35.0 Å². The zero-order valence-electron chi connectivity index (χ0n) is 16.6. The summed E-state index contributed by atoms with van der Waals surface area (Å²) < 4.78 is 19.5. The van der Waals surface area contributed by atoms with Crippen LogP contribution in [0.15, 0.2) is 71.6 Å². The monoisotopic (exact) mass is 487 g/mol. The van der Waals surface area contributed by atoms with Crippen LogP contribution in [0.2, 0.25) is 10.0 Å². The molecule has 4 rings (SSSR count). The van der Waals surface area contributed by atoms with Crippen LogP contribution in [0.1, 0.15) is 16.7 Å². The Morgan fingerprint density at radius 3 is 2.56 bits per heavy atom. The molecule has 0 unspecified atom stereocenters. The number of ether oxygens (including phenoxy) is 1. The number of carbonyl (C=O) groups is 2. The molecule has 162 valence electrons. The first-order chi connectivity index (χ1) is 15.4. The molecule has 0 aromatic heterocycles. The highest BCUT2D eigenvalue weighted by molar-refractivity contribution is 8.18. The highest BCUT2D eigenvalue weighted by Gasteiger charge is 2.35. The zero-order chi connectivity index (χ0) is 22.7. The van der Waals surface area contributed by atoms with E-state index in [-0.39, 0.29) is 30.1 Å². The number of carbonyl (C=O) groups excluding carboxylic acids is 2. The minimum atomic E-state index is -0.385. The number of halogens is 3. The summed E-state index contributed by atoms with van der Waals surface area (Å²) in [6.45, 7) is 0.182. The molecule has 1 saturated heterocycles. The van der Waals surface area contributed by atoms with E-state index in [1.54, 1.807) is 66.7 Å². The number of benzene rings is 3. The van der Waals surface area contributed by atoms with Gasteiger partial charge in [-0.3, -0.25) is 14.5 Å². The zero-order valence-corrected chi connectivity index (χ0v) is 18.9.